The van der Waals surface area contributed by atoms with Crippen LogP contribution in [-0.2, 0) is 13.5 Å². The number of anilines is 1. The van der Waals surface area contributed by atoms with Gasteiger partial charge in [-0.3, -0.25) is 4.68 Å². The fraction of sp³-hybridized carbons (Fsp3) is 0.786. The average molecular weight is 237 g/mol. The first kappa shape index (κ1) is 14.1. The van der Waals surface area contributed by atoms with Crippen molar-refractivity contribution in [2.24, 2.45) is 7.05 Å². The number of hydrogen-bond acceptors (Lipinski definition) is 2. The van der Waals surface area contributed by atoms with Crippen LogP contribution in [0.15, 0.2) is 0 Å². The van der Waals surface area contributed by atoms with Gasteiger partial charge in [0, 0.05) is 18.5 Å². The lowest BCUT2D eigenvalue weighted by atomic mass is 9.92. The van der Waals surface area contributed by atoms with E-state index < -0.39 is 0 Å². The molecule has 0 bridgehead atoms. The lowest BCUT2D eigenvalue weighted by molar-refractivity contribution is 0.545. The molecule has 17 heavy (non-hydrogen) atoms. The van der Waals surface area contributed by atoms with E-state index in [-0.39, 0.29) is 0 Å². The molecule has 3 nitrogen and oxygen atoms in total. The number of unbranched alkanes of at least 4 members (excludes halogenated alkanes) is 1. The number of rotatable bonds is 7. The molecule has 0 fully saturated rings. The highest BCUT2D eigenvalue weighted by molar-refractivity contribution is 5.44. The molecule has 1 aromatic rings. The lowest BCUT2D eigenvalue weighted by Crippen LogP contribution is -2.03. The molecule has 0 aliphatic rings. The van der Waals surface area contributed by atoms with E-state index in [1.54, 1.807) is 0 Å². The molecular weight excluding hydrogens is 210 g/mol. The van der Waals surface area contributed by atoms with Crippen molar-refractivity contribution in [3.8, 4) is 0 Å². The third kappa shape index (κ3) is 3.24. The Balaban J connectivity index is 2.96. The number of nitrogen functional groups attached to an aromatic ring is 1. The molecule has 2 N–H and O–H groups in total. The topological polar surface area (TPSA) is 43.8 Å². The molecule has 0 radical (unpaired) electrons. The Morgan fingerprint density at radius 1 is 1.24 bits per heavy atom. The zero-order valence-electron chi connectivity index (χ0n) is 11.8. The van der Waals surface area contributed by atoms with E-state index in [2.05, 4.69) is 25.9 Å². The van der Waals surface area contributed by atoms with Gasteiger partial charge in [-0.05, 0) is 19.3 Å². The van der Waals surface area contributed by atoms with Gasteiger partial charge in [-0.25, -0.2) is 0 Å². The Morgan fingerprint density at radius 3 is 2.47 bits per heavy atom. The Morgan fingerprint density at radius 2 is 1.94 bits per heavy atom. The highest BCUT2D eigenvalue weighted by atomic mass is 15.3. The summed E-state index contributed by atoms with van der Waals surface area (Å²) in [5.74, 6) is 1.44. The molecule has 0 amide bonds. The average Bonchev–Trinajstić information content (AvgIpc) is 2.59. The quantitative estimate of drug-likeness (QED) is 0.787. The number of nitrogens with zero attached hydrogens (tertiary/aromatic N) is 2. The molecule has 0 aromatic carbocycles. The first-order valence-corrected chi connectivity index (χ1v) is 6.96. The molecule has 1 aromatic heterocycles. The van der Waals surface area contributed by atoms with Crippen molar-refractivity contribution in [1.29, 1.82) is 0 Å². The maximum atomic E-state index is 6.11. The molecular formula is C14H27N3. The highest BCUT2D eigenvalue weighted by Crippen LogP contribution is 2.30. The van der Waals surface area contributed by atoms with E-state index in [0.717, 1.165) is 25.1 Å². The minimum atomic E-state index is 0.583. The van der Waals surface area contributed by atoms with Crippen molar-refractivity contribution in [2.45, 2.75) is 65.2 Å². The maximum Gasteiger partial charge on any atom is 0.124 e. The predicted molar refractivity (Wildman–Crippen MR) is 74.2 cm³/mol. The predicted octanol–water partition coefficient (Wildman–Crippen LogP) is 3.64. The molecule has 0 spiro atoms. The van der Waals surface area contributed by atoms with Crippen LogP contribution < -0.4 is 5.73 Å². The van der Waals surface area contributed by atoms with Crippen molar-refractivity contribution in [2.75, 3.05) is 5.73 Å². The summed E-state index contributed by atoms with van der Waals surface area (Å²) >= 11 is 0. The molecule has 1 unspecified atom stereocenters. The van der Waals surface area contributed by atoms with E-state index in [1.165, 1.54) is 30.5 Å². The smallest absolute Gasteiger partial charge is 0.124 e. The van der Waals surface area contributed by atoms with Crippen LogP contribution in [0.2, 0.25) is 0 Å². The van der Waals surface area contributed by atoms with Gasteiger partial charge in [0.15, 0.2) is 0 Å². The number of aryl methyl sites for hydroxylation is 1. The Labute approximate surface area is 105 Å². The highest BCUT2D eigenvalue weighted by Gasteiger charge is 2.20. The van der Waals surface area contributed by atoms with Crippen LogP contribution in [0.25, 0.3) is 0 Å². The Hall–Kier alpha value is -0.990. The second-order valence-electron chi connectivity index (χ2n) is 4.87. The van der Waals surface area contributed by atoms with Gasteiger partial charge >= 0.3 is 0 Å². The van der Waals surface area contributed by atoms with Crippen molar-refractivity contribution in [1.82, 2.24) is 9.78 Å². The summed E-state index contributed by atoms with van der Waals surface area (Å²) in [6, 6.07) is 0. The minimum Gasteiger partial charge on any atom is -0.384 e. The molecule has 98 valence electrons. The molecule has 1 heterocycles. The van der Waals surface area contributed by atoms with E-state index >= 15 is 0 Å². The van der Waals surface area contributed by atoms with Crippen molar-refractivity contribution < 1.29 is 0 Å². The summed E-state index contributed by atoms with van der Waals surface area (Å²) in [6.07, 6.45) is 7.11. The van der Waals surface area contributed by atoms with Gasteiger partial charge in [0.2, 0.25) is 0 Å². The third-order valence-electron chi connectivity index (χ3n) is 3.51. The summed E-state index contributed by atoms with van der Waals surface area (Å²) in [5.41, 5.74) is 8.65. The van der Waals surface area contributed by atoms with Crippen LogP contribution in [0.3, 0.4) is 0 Å². The lowest BCUT2D eigenvalue weighted by Gasteiger charge is -2.13. The normalized spacial score (nSPS) is 12.9. The van der Waals surface area contributed by atoms with Crippen LogP contribution in [0.5, 0.6) is 0 Å². The van der Waals surface area contributed by atoms with Crippen LogP contribution in [0.4, 0.5) is 5.82 Å². The molecule has 3 heteroatoms. The summed E-state index contributed by atoms with van der Waals surface area (Å²) < 4.78 is 1.84. The van der Waals surface area contributed by atoms with Gasteiger partial charge in [0.25, 0.3) is 0 Å². The standard InChI is InChI=1S/C14H27N3/c1-5-8-10-11(7-3)13-12(9-6-2)14(15)17(4)16-13/h11H,5-10,15H2,1-4H3. The van der Waals surface area contributed by atoms with Crippen molar-refractivity contribution in [3.63, 3.8) is 0 Å². The Kier molecular flexibility index (Phi) is 5.52. The summed E-state index contributed by atoms with van der Waals surface area (Å²) in [5, 5.41) is 4.64. The molecule has 0 saturated carbocycles. The molecule has 0 aliphatic carbocycles. The van der Waals surface area contributed by atoms with Crippen LogP contribution in [0, 0.1) is 0 Å². The monoisotopic (exact) mass is 237 g/mol. The van der Waals surface area contributed by atoms with Gasteiger partial charge in [-0.15, -0.1) is 0 Å². The third-order valence-corrected chi connectivity index (χ3v) is 3.51. The summed E-state index contributed by atoms with van der Waals surface area (Å²) in [4.78, 5) is 0. The van der Waals surface area contributed by atoms with E-state index in [4.69, 9.17) is 5.73 Å². The van der Waals surface area contributed by atoms with E-state index in [9.17, 15) is 0 Å². The fourth-order valence-corrected chi connectivity index (χ4v) is 2.42. The first-order valence-electron chi connectivity index (χ1n) is 6.96. The number of nitrogens with two attached hydrogens (primary N) is 1. The van der Waals surface area contributed by atoms with Gasteiger partial charge < -0.3 is 5.73 Å². The molecule has 1 rings (SSSR count). The zero-order valence-corrected chi connectivity index (χ0v) is 11.8. The van der Waals surface area contributed by atoms with Crippen molar-refractivity contribution >= 4 is 5.82 Å². The first-order chi connectivity index (χ1) is 8.15. The van der Waals surface area contributed by atoms with E-state index in [0.29, 0.717) is 5.92 Å². The van der Waals surface area contributed by atoms with Crippen LogP contribution in [-0.4, -0.2) is 9.78 Å². The Bertz CT molecular complexity index is 341. The number of hydrogen-bond donors (Lipinski definition) is 1. The van der Waals surface area contributed by atoms with Gasteiger partial charge in [0.05, 0.1) is 5.69 Å². The second-order valence-corrected chi connectivity index (χ2v) is 4.87. The van der Waals surface area contributed by atoms with E-state index in [1.807, 2.05) is 11.7 Å². The van der Waals surface area contributed by atoms with Gasteiger partial charge in [-0.2, -0.15) is 5.10 Å². The fourth-order valence-electron chi connectivity index (χ4n) is 2.42. The molecule has 1 atom stereocenters. The zero-order chi connectivity index (χ0) is 12.8. The summed E-state index contributed by atoms with van der Waals surface area (Å²) in [6.45, 7) is 6.69. The van der Waals surface area contributed by atoms with Gasteiger partial charge in [-0.1, -0.05) is 40.0 Å². The minimum absolute atomic E-state index is 0.583. The summed E-state index contributed by atoms with van der Waals surface area (Å²) in [7, 11) is 1.95. The molecule has 0 saturated heterocycles. The van der Waals surface area contributed by atoms with Crippen LogP contribution in [0.1, 0.15) is 70.1 Å². The largest absolute Gasteiger partial charge is 0.384 e. The van der Waals surface area contributed by atoms with Crippen LogP contribution >= 0.6 is 0 Å². The second kappa shape index (κ2) is 6.67. The van der Waals surface area contributed by atoms with Gasteiger partial charge in [0.1, 0.15) is 5.82 Å². The molecule has 0 aliphatic heterocycles. The van der Waals surface area contributed by atoms with Crippen molar-refractivity contribution in [3.05, 3.63) is 11.3 Å². The number of aromatic nitrogens is 2. The SMILES string of the molecule is CCCCC(CC)c1nn(C)c(N)c1CCC. The maximum absolute atomic E-state index is 6.11.